The van der Waals surface area contributed by atoms with Gasteiger partial charge < -0.3 is 15.0 Å². The Morgan fingerprint density at radius 1 is 1.12 bits per heavy atom. The van der Waals surface area contributed by atoms with Crippen LogP contribution in [0.2, 0.25) is 0 Å². The highest BCUT2D eigenvalue weighted by Crippen LogP contribution is 2.14. The molecule has 138 valence electrons. The molecule has 0 bridgehead atoms. The number of halogens is 1. The van der Waals surface area contributed by atoms with Gasteiger partial charge in [0, 0.05) is 29.1 Å². The molecule has 1 aromatic heterocycles. The molecule has 7 heteroatoms. The van der Waals surface area contributed by atoms with Crippen molar-refractivity contribution in [2.75, 3.05) is 31.6 Å². The number of ether oxygens (including phenoxy) is 1. The monoisotopic (exact) mass is 419 g/mol. The molecular weight excluding hydrogens is 398 g/mol. The number of rotatable bonds is 8. The van der Waals surface area contributed by atoms with Crippen LogP contribution >= 0.6 is 15.9 Å². The van der Waals surface area contributed by atoms with E-state index in [1.807, 2.05) is 0 Å². The van der Waals surface area contributed by atoms with Crippen LogP contribution in [0.15, 0.2) is 47.2 Å². The van der Waals surface area contributed by atoms with Gasteiger partial charge in [-0.1, -0.05) is 13.8 Å². The SMILES string of the molecule is CCN(CC)CCOC(=O)c1ccc(NC(=O)c2cncc(Br)c2)cc1. The number of likely N-dealkylation sites (N-methyl/N-ethyl adjacent to an activating group) is 1. The van der Waals surface area contributed by atoms with E-state index in [-0.39, 0.29) is 11.9 Å². The first-order valence-electron chi connectivity index (χ1n) is 8.45. The van der Waals surface area contributed by atoms with Crippen molar-refractivity contribution in [2.24, 2.45) is 0 Å². The normalized spacial score (nSPS) is 10.6. The van der Waals surface area contributed by atoms with E-state index in [9.17, 15) is 9.59 Å². The van der Waals surface area contributed by atoms with Crippen LogP contribution in [0.3, 0.4) is 0 Å². The maximum absolute atomic E-state index is 12.2. The number of nitrogens with zero attached hydrogens (tertiary/aromatic N) is 2. The van der Waals surface area contributed by atoms with Crippen molar-refractivity contribution < 1.29 is 14.3 Å². The fourth-order valence-corrected chi connectivity index (χ4v) is 2.68. The fraction of sp³-hybridized carbons (Fsp3) is 0.316. The zero-order valence-corrected chi connectivity index (χ0v) is 16.5. The average Bonchev–Trinajstić information content (AvgIpc) is 2.65. The van der Waals surface area contributed by atoms with Crippen LogP contribution in [0.1, 0.15) is 34.6 Å². The minimum absolute atomic E-state index is 0.270. The smallest absolute Gasteiger partial charge is 0.338 e. The Labute approximate surface area is 161 Å². The van der Waals surface area contributed by atoms with Gasteiger partial charge >= 0.3 is 5.97 Å². The summed E-state index contributed by atoms with van der Waals surface area (Å²) in [7, 11) is 0. The van der Waals surface area contributed by atoms with Gasteiger partial charge in [-0.3, -0.25) is 9.78 Å². The summed E-state index contributed by atoms with van der Waals surface area (Å²) in [6, 6.07) is 8.29. The number of hydrogen-bond acceptors (Lipinski definition) is 5. The Balaban J connectivity index is 1.89. The minimum Gasteiger partial charge on any atom is -0.461 e. The number of pyridine rings is 1. The van der Waals surface area contributed by atoms with E-state index < -0.39 is 0 Å². The molecular formula is C19H22BrN3O3. The lowest BCUT2D eigenvalue weighted by molar-refractivity contribution is 0.0466. The summed E-state index contributed by atoms with van der Waals surface area (Å²) >= 11 is 3.28. The summed E-state index contributed by atoms with van der Waals surface area (Å²) in [5.74, 6) is -0.639. The second-order valence-corrected chi connectivity index (χ2v) is 6.50. The molecule has 0 saturated carbocycles. The van der Waals surface area contributed by atoms with Gasteiger partial charge in [-0.25, -0.2) is 4.79 Å². The van der Waals surface area contributed by atoms with Crippen molar-refractivity contribution in [3.8, 4) is 0 Å². The molecule has 0 aliphatic rings. The van der Waals surface area contributed by atoms with Gasteiger partial charge in [-0.2, -0.15) is 0 Å². The molecule has 0 atom stereocenters. The van der Waals surface area contributed by atoms with Gasteiger partial charge in [0.15, 0.2) is 0 Å². The molecule has 0 spiro atoms. The Morgan fingerprint density at radius 3 is 2.42 bits per heavy atom. The summed E-state index contributed by atoms with van der Waals surface area (Å²) in [6.07, 6.45) is 3.10. The highest BCUT2D eigenvalue weighted by atomic mass is 79.9. The summed E-state index contributed by atoms with van der Waals surface area (Å²) < 4.78 is 6.01. The Hall–Kier alpha value is -2.25. The molecule has 6 nitrogen and oxygen atoms in total. The van der Waals surface area contributed by atoms with E-state index in [0.29, 0.717) is 30.0 Å². The first-order valence-corrected chi connectivity index (χ1v) is 9.24. The molecule has 2 rings (SSSR count). The van der Waals surface area contributed by atoms with Crippen LogP contribution in [-0.4, -0.2) is 48.0 Å². The number of benzene rings is 1. The van der Waals surface area contributed by atoms with Crippen molar-refractivity contribution in [1.29, 1.82) is 0 Å². The van der Waals surface area contributed by atoms with Crippen LogP contribution in [0.25, 0.3) is 0 Å². The number of amides is 1. The van der Waals surface area contributed by atoms with Gasteiger partial charge in [0.1, 0.15) is 6.61 Å². The third-order valence-electron chi connectivity index (χ3n) is 3.88. The topological polar surface area (TPSA) is 71.5 Å². The fourth-order valence-electron chi connectivity index (χ4n) is 2.32. The highest BCUT2D eigenvalue weighted by molar-refractivity contribution is 9.10. The number of aromatic nitrogens is 1. The van der Waals surface area contributed by atoms with Crippen molar-refractivity contribution in [3.63, 3.8) is 0 Å². The van der Waals surface area contributed by atoms with E-state index in [4.69, 9.17) is 4.74 Å². The third-order valence-corrected chi connectivity index (χ3v) is 4.31. The molecule has 0 aliphatic heterocycles. The lowest BCUT2D eigenvalue weighted by atomic mass is 10.2. The predicted molar refractivity (Wildman–Crippen MR) is 104 cm³/mol. The minimum atomic E-state index is -0.369. The number of nitrogens with one attached hydrogen (secondary N) is 1. The Bertz CT molecular complexity index is 746. The highest BCUT2D eigenvalue weighted by Gasteiger charge is 2.10. The quantitative estimate of drug-likeness (QED) is 0.661. The van der Waals surface area contributed by atoms with Gasteiger partial charge in [0.2, 0.25) is 0 Å². The molecule has 26 heavy (non-hydrogen) atoms. The Kier molecular flexibility index (Phi) is 7.74. The van der Waals surface area contributed by atoms with Gasteiger partial charge in [0.05, 0.1) is 11.1 Å². The molecule has 0 radical (unpaired) electrons. The lowest BCUT2D eigenvalue weighted by Gasteiger charge is -2.17. The summed E-state index contributed by atoms with van der Waals surface area (Å²) in [5, 5.41) is 2.77. The molecule has 1 amide bonds. The number of esters is 1. The lowest BCUT2D eigenvalue weighted by Crippen LogP contribution is -2.27. The number of carbonyl (C=O) groups excluding carboxylic acids is 2. The first-order chi connectivity index (χ1) is 12.5. The van der Waals surface area contributed by atoms with E-state index in [1.165, 1.54) is 6.20 Å². The van der Waals surface area contributed by atoms with Crippen LogP contribution in [-0.2, 0) is 4.74 Å². The molecule has 1 heterocycles. The average molecular weight is 420 g/mol. The van der Waals surface area contributed by atoms with Crippen LogP contribution in [0.5, 0.6) is 0 Å². The maximum Gasteiger partial charge on any atom is 0.338 e. The first kappa shape index (κ1) is 20.1. The summed E-state index contributed by atoms with van der Waals surface area (Å²) in [4.78, 5) is 30.4. The largest absolute Gasteiger partial charge is 0.461 e. The maximum atomic E-state index is 12.2. The molecule has 0 saturated heterocycles. The summed E-state index contributed by atoms with van der Waals surface area (Å²) in [6.45, 7) is 7.07. The van der Waals surface area contributed by atoms with Gasteiger partial charge in [0.25, 0.3) is 5.91 Å². The summed E-state index contributed by atoms with van der Waals surface area (Å²) in [5.41, 5.74) is 1.49. The molecule has 0 fully saturated rings. The molecule has 0 unspecified atom stereocenters. The molecule has 2 aromatic rings. The Morgan fingerprint density at radius 2 is 1.81 bits per heavy atom. The van der Waals surface area contributed by atoms with Crippen molar-refractivity contribution in [2.45, 2.75) is 13.8 Å². The van der Waals surface area contributed by atoms with Crippen LogP contribution < -0.4 is 5.32 Å². The van der Waals surface area contributed by atoms with Crippen molar-refractivity contribution >= 4 is 33.5 Å². The molecule has 1 N–H and O–H groups in total. The van der Waals surface area contributed by atoms with E-state index in [1.54, 1.807) is 36.5 Å². The zero-order valence-electron chi connectivity index (χ0n) is 14.9. The number of anilines is 1. The van der Waals surface area contributed by atoms with E-state index >= 15 is 0 Å². The molecule has 1 aromatic carbocycles. The number of carbonyl (C=O) groups is 2. The zero-order chi connectivity index (χ0) is 18.9. The second kappa shape index (κ2) is 10.0. The standard InChI is InChI=1S/C19H22BrN3O3/c1-3-23(4-2)9-10-26-19(25)14-5-7-17(8-6-14)22-18(24)15-11-16(20)13-21-12-15/h5-8,11-13H,3-4,9-10H2,1-2H3,(H,22,24). The van der Waals surface area contributed by atoms with Crippen molar-refractivity contribution in [1.82, 2.24) is 9.88 Å². The van der Waals surface area contributed by atoms with Gasteiger partial charge in [-0.05, 0) is 59.4 Å². The van der Waals surface area contributed by atoms with Crippen molar-refractivity contribution in [3.05, 3.63) is 58.3 Å². The molecule has 0 aliphatic carbocycles. The third kappa shape index (κ3) is 5.93. The predicted octanol–water partition coefficient (Wildman–Crippen LogP) is 3.60. The van der Waals surface area contributed by atoms with Crippen LogP contribution in [0.4, 0.5) is 5.69 Å². The van der Waals surface area contributed by atoms with Crippen LogP contribution in [0, 0.1) is 0 Å². The van der Waals surface area contributed by atoms with E-state index in [2.05, 4.69) is 45.0 Å². The van der Waals surface area contributed by atoms with E-state index in [0.717, 1.165) is 17.6 Å². The second-order valence-electron chi connectivity index (χ2n) is 5.59. The van der Waals surface area contributed by atoms with Gasteiger partial charge in [-0.15, -0.1) is 0 Å². The number of hydrogen-bond donors (Lipinski definition) is 1.